The number of para-hydroxylation sites is 1. The monoisotopic (exact) mass is 342 g/mol. The summed E-state index contributed by atoms with van der Waals surface area (Å²) in [4.78, 5) is 26.8. The van der Waals surface area contributed by atoms with Crippen molar-refractivity contribution in [3.8, 4) is 0 Å². The molecule has 1 saturated carbocycles. The summed E-state index contributed by atoms with van der Waals surface area (Å²) in [5.41, 5.74) is 6.76. The largest absolute Gasteiger partial charge is 0.368 e. The van der Waals surface area contributed by atoms with E-state index in [0.29, 0.717) is 17.7 Å². The Kier molecular flexibility index (Phi) is 5.06. The van der Waals surface area contributed by atoms with E-state index in [1.54, 1.807) is 5.01 Å². The molecule has 25 heavy (non-hydrogen) atoms. The summed E-state index contributed by atoms with van der Waals surface area (Å²) < 4.78 is 0. The number of anilines is 1. The third kappa shape index (κ3) is 4.00. The minimum absolute atomic E-state index is 0.0483. The zero-order valence-electron chi connectivity index (χ0n) is 14.9. The number of nitrogens with two attached hydrogens (primary N) is 1. The van der Waals surface area contributed by atoms with Gasteiger partial charge in [-0.3, -0.25) is 14.6 Å². The number of carbonyl (C=O) groups is 2. The van der Waals surface area contributed by atoms with Gasteiger partial charge in [-0.25, -0.2) is 0 Å². The Morgan fingerprint density at radius 3 is 2.52 bits per heavy atom. The van der Waals surface area contributed by atoms with E-state index < -0.39 is 11.9 Å². The molecule has 6 nitrogen and oxygen atoms in total. The van der Waals surface area contributed by atoms with Crippen molar-refractivity contribution in [2.75, 3.05) is 11.6 Å². The second-order valence-electron chi connectivity index (χ2n) is 7.26. The summed E-state index contributed by atoms with van der Waals surface area (Å²) in [6, 6.07) is 9.10. The molecule has 1 aromatic rings. The van der Waals surface area contributed by atoms with Gasteiger partial charge in [-0.15, -0.1) is 0 Å². The standard InChI is InChI=1S/C19H26N4O2/c1-13(2)10-11-22(14-8-9-14)19(25)16-12-17(18(20)24)23(21-16)15-6-4-3-5-7-15/h3-7,13-14,17H,8-12H2,1-2H3,(H2,20,24). The molecule has 2 aliphatic rings. The van der Waals surface area contributed by atoms with Gasteiger partial charge in [0, 0.05) is 19.0 Å². The number of carbonyl (C=O) groups excluding carboxylic acids is 2. The predicted octanol–water partition coefficient (Wildman–Crippen LogP) is 2.14. The van der Waals surface area contributed by atoms with Crippen molar-refractivity contribution in [1.82, 2.24) is 4.90 Å². The Labute approximate surface area is 148 Å². The highest BCUT2D eigenvalue weighted by atomic mass is 16.2. The van der Waals surface area contributed by atoms with Crippen molar-refractivity contribution in [3.63, 3.8) is 0 Å². The first-order valence-corrected chi connectivity index (χ1v) is 8.99. The fourth-order valence-electron chi connectivity index (χ4n) is 3.08. The molecule has 2 amide bonds. The van der Waals surface area contributed by atoms with Crippen LogP contribution in [0.3, 0.4) is 0 Å². The smallest absolute Gasteiger partial charge is 0.270 e. The zero-order chi connectivity index (χ0) is 18.0. The van der Waals surface area contributed by atoms with Crippen LogP contribution in [0.15, 0.2) is 35.4 Å². The minimum atomic E-state index is -0.604. The summed E-state index contributed by atoms with van der Waals surface area (Å²) in [6.45, 7) is 5.05. The van der Waals surface area contributed by atoms with E-state index in [-0.39, 0.29) is 12.3 Å². The van der Waals surface area contributed by atoms with Crippen LogP contribution in [-0.4, -0.2) is 41.1 Å². The molecule has 6 heteroatoms. The first-order chi connectivity index (χ1) is 12.0. The van der Waals surface area contributed by atoms with Gasteiger partial charge in [0.2, 0.25) is 5.91 Å². The average molecular weight is 342 g/mol. The quantitative estimate of drug-likeness (QED) is 0.824. The van der Waals surface area contributed by atoms with E-state index in [1.807, 2.05) is 35.2 Å². The molecule has 2 N–H and O–H groups in total. The van der Waals surface area contributed by atoms with Crippen LogP contribution in [0.2, 0.25) is 0 Å². The van der Waals surface area contributed by atoms with Crippen molar-refractivity contribution < 1.29 is 9.59 Å². The van der Waals surface area contributed by atoms with Crippen LogP contribution in [0.1, 0.15) is 39.5 Å². The molecule has 1 atom stereocenters. The third-order valence-electron chi connectivity index (χ3n) is 4.70. The molecule has 0 bridgehead atoms. The fourth-order valence-corrected chi connectivity index (χ4v) is 3.08. The van der Waals surface area contributed by atoms with Gasteiger partial charge in [0.05, 0.1) is 5.69 Å². The van der Waals surface area contributed by atoms with Crippen LogP contribution in [0.4, 0.5) is 5.69 Å². The highest BCUT2D eigenvalue weighted by Crippen LogP contribution is 2.30. The Balaban J connectivity index is 1.80. The second-order valence-corrected chi connectivity index (χ2v) is 7.26. The number of nitrogens with zero attached hydrogens (tertiary/aromatic N) is 3. The van der Waals surface area contributed by atoms with Gasteiger partial charge in [-0.05, 0) is 37.3 Å². The Hall–Kier alpha value is -2.37. The minimum Gasteiger partial charge on any atom is -0.368 e. The lowest BCUT2D eigenvalue weighted by atomic mass is 10.1. The van der Waals surface area contributed by atoms with Crippen LogP contribution < -0.4 is 10.7 Å². The van der Waals surface area contributed by atoms with Crippen molar-refractivity contribution in [2.24, 2.45) is 16.8 Å². The number of rotatable bonds is 7. The molecular weight excluding hydrogens is 316 g/mol. The number of amides is 2. The number of benzene rings is 1. The maximum absolute atomic E-state index is 13.0. The molecule has 1 aliphatic heterocycles. The highest BCUT2D eigenvalue weighted by molar-refractivity contribution is 6.40. The van der Waals surface area contributed by atoms with Crippen molar-refractivity contribution in [3.05, 3.63) is 30.3 Å². The Morgan fingerprint density at radius 1 is 1.28 bits per heavy atom. The van der Waals surface area contributed by atoms with Gasteiger partial charge < -0.3 is 10.6 Å². The maximum atomic E-state index is 13.0. The predicted molar refractivity (Wildman–Crippen MR) is 98.1 cm³/mol. The fraction of sp³-hybridized carbons (Fsp3) is 0.526. The summed E-state index contributed by atoms with van der Waals surface area (Å²) in [5.74, 6) is 0.0298. The normalized spacial score (nSPS) is 19.9. The van der Waals surface area contributed by atoms with Crippen LogP contribution in [0.5, 0.6) is 0 Å². The lowest BCUT2D eigenvalue weighted by molar-refractivity contribution is -0.124. The van der Waals surface area contributed by atoms with Crippen LogP contribution in [-0.2, 0) is 9.59 Å². The van der Waals surface area contributed by atoms with Gasteiger partial charge in [0.25, 0.3) is 5.91 Å². The molecule has 0 spiro atoms. The van der Waals surface area contributed by atoms with E-state index in [4.69, 9.17) is 5.73 Å². The van der Waals surface area contributed by atoms with E-state index in [2.05, 4.69) is 18.9 Å². The summed E-state index contributed by atoms with van der Waals surface area (Å²) in [6.07, 6.45) is 3.35. The van der Waals surface area contributed by atoms with Gasteiger partial charge in [0.1, 0.15) is 11.8 Å². The molecule has 0 aromatic heterocycles. The number of hydrogen-bond acceptors (Lipinski definition) is 4. The molecule has 0 radical (unpaired) electrons. The molecule has 1 aromatic carbocycles. The zero-order valence-corrected chi connectivity index (χ0v) is 14.9. The SMILES string of the molecule is CC(C)CCN(C(=O)C1=NN(c2ccccc2)C(C(N)=O)C1)C1CC1. The Bertz CT molecular complexity index is 667. The lowest BCUT2D eigenvalue weighted by Gasteiger charge is -2.23. The van der Waals surface area contributed by atoms with E-state index in [1.165, 1.54) is 0 Å². The van der Waals surface area contributed by atoms with E-state index in [9.17, 15) is 9.59 Å². The van der Waals surface area contributed by atoms with Gasteiger partial charge in [-0.2, -0.15) is 5.10 Å². The van der Waals surface area contributed by atoms with Crippen molar-refractivity contribution >= 4 is 23.2 Å². The first kappa shape index (κ1) is 17.5. The van der Waals surface area contributed by atoms with Crippen molar-refractivity contribution in [1.29, 1.82) is 0 Å². The van der Waals surface area contributed by atoms with Gasteiger partial charge >= 0.3 is 0 Å². The highest BCUT2D eigenvalue weighted by Gasteiger charge is 2.40. The molecule has 3 rings (SSSR count). The van der Waals surface area contributed by atoms with E-state index in [0.717, 1.165) is 31.5 Å². The first-order valence-electron chi connectivity index (χ1n) is 8.99. The Morgan fingerprint density at radius 2 is 1.96 bits per heavy atom. The van der Waals surface area contributed by atoms with Gasteiger partial charge in [-0.1, -0.05) is 32.0 Å². The lowest BCUT2D eigenvalue weighted by Crippen LogP contribution is -2.41. The van der Waals surface area contributed by atoms with Gasteiger partial charge in [0.15, 0.2) is 0 Å². The summed E-state index contributed by atoms with van der Waals surface area (Å²) >= 11 is 0. The third-order valence-corrected chi connectivity index (χ3v) is 4.70. The molecule has 1 unspecified atom stereocenters. The van der Waals surface area contributed by atoms with Crippen LogP contribution in [0, 0.1) is 5.92 Å². The molecule has 1 fully saturated rings. The van der Waals surface area contributed by atoms with E-state index >= 15 is 0 Å². The summed E-state index contributed by atoms with van der Waals surface area (Å²) in [7, 11) is 0. The van der Waals surface area contributed by atoms with Crippen LogP contribution >= 0.6 is 0 Å². The number of primary amides is 1. The second kappa shape index (κ2) is 7.25. The molecular formula is C19H26N4O2. The molecule has 134 valence electrons. The number of hydrazone groups is 1. The molecule has 0 saturated heterocycles. The van der Waals surface area contributed by atoms with Crippen molar-refractivity contribution in [2.45, 2.75) is 51.6 Å². The topological polar surface area (TPSA) is 79.0 Å². The van der Waals surface area contributed by atoms with Crippen LogP contribution in [0.25, 0.3) is 0 Å². The number of hydrogen-bond donors (Lipinski definition) is 1. The maximum Gasteiger partial charge on any atom is 0.270 e. The average Bonchev–Trinajstić information content (AvgIpc) is 3.32. The summed E-state index contributed by atoms with van der Waals surface area (Å²) in [5, 5.41) is 6.06. The molecule has 1 heterocycles. The molecule has 1 aliphatic carbocycles.